The average Bonchev–Trinajstić information content (AvgIpc) is 3.37. The Hall–Kier alpha value is -2.57. The van der Waals surface area contributed by atoms with Crippen molar-refractivity contribution in [1.29, 1.82) is 0 Å². The van der Waals surface area contributed by atoms with Crippen molar-refractivity contribution in [3.05, 3.63) is 81.9 Å². The predicted molar refractivity (Wildman–Crippen MR) is 110 cm³/mol. The van der Waals surface area contributed by atoms with Crippen LogP contribution in [0, 0.1) is 6.92 Å². The van der Waals surface area contributed by atoms with Crippen molar-refractivity contribution in [2.24, 2.45) is 4.99 Å². The Labute approximate surface area is 163 Å². The number of thiophene rings is 1. The summed E-state index contributed by atoms with van der Waals surface area (Å²) in [5.74, 6) is 1.61. The molecule has 6 heteroatoms. The smallest absolute Gasteiger partial charge is 0.191 e. The van der Waals surface area contributed by atoms with Crippen LogP contribution in [0.4, 0.5) is 0 Å². The monoisotopic (exact) mass is 383 g/mol. The van der Waals surface area contributed by atoms with Gasteiger partial charge in [-0.2, -0.15) is 0 Å². The Morgan fingerprint density at radius 3 is 2.85 bits per heavy atom. The van der Waals surface area contributed by atoms with Crippen molar-refractivity contribution in [2.75, 3.05) is 13.1 Å². The lowest BCUT2D eigenvalue weighted by molar-refractivity contribution is 0.180. The lowest BCUT2D eigenvalue weighted by Crippen LogP contribution is -2.40. The van der Waals surface area contributed by atoms with Gasteiger partial charge in [-0.25, -0.2) is 4.99 Å². The summed E-state index contributed by atoms with van der Waals surface area (Å²) in [4.78, 5) is 5.83. The SMILES string of the molecule is Cc1cccc(C(O)CNC(=NCc2cccs2)NCCc2ccco2)c1. The maximum Gasteiger partial charge on any atom is 0.191 e. The highest BCUT2D eigenvalue weighted by molar-refractivity contribution is 7.09. The molecule has 5 nitrogen and oxygen atoms in total. The highest BCUT2D eigenvalue weighted by atomic mass is 32.1. The lowest BCUT2D eigenvalue weighted by atomic mass is 10.1. The summed E-state index contributed by atoms with van der Waals surface area (Å²) in [5, 5.41) is 19.1. The maximum absolute atomic E-state index is 10.5. The molecule has 27 heavy (non-hydrogen) atoms. The van der Waals surface area contributed by atoms with Crippen LogP contribution in [0.1, 0.15) is 27.9 Å². The minimum atomic E-state index is -0.594. The van der Waals surface area contributed by atoms with Crippen molar-refractivity contribution < 1.29 is 9.52 Å². The summed E-state index contributed by atoms with van der Waals surface area (Å²) in [5.41, 5.74) is 2.03. The van der Waals surface area contributed by atoms with Gasteiger partial charge >= 0.3 is 0 Å². The second-order valence-electron chi connectivity index (χ2n) is 6.31. The van der Waals surface area contributed by atoms with E-state index in [4.69, 9.17) is 4.42 Å². The number of benzene rings is 1. The number of aliphatic hydroxyl groups excluding tert-OH is 1. The van der Waals surface area contributed by atoms with Gasteiger partial charge in [0, 0.05) is 24.4 Å². The minimum Gasteiger partial charge on any atom is -0.469 e. The Morgan fingerprint density at radius 2 is 2.11 bits per heavy atom. The van der Waals surface area contributed by atoms with Gasteiger partial charge < -0.3 is 20.2 Å². The lowest BCUT2D eigenvalue weighted by Gasteiger charge is -2.16. The van der Waals surface area contributed by atoms with E-state index in [2.05, 4.69) is 21.7 Å². The van der Waals surface area contributed by atoms with E-state index in [1.165, 1.54) is 4.88 Å². The molecule has 3 aromatic rings. The van der Waals surface area contributed by atoms with Gasteiger partial charge in [0.05, 0.1) is 18.9 Å². The van der Waals surface area contributed by atoms with Crippen LogP contribution in [0.25, 0.3) is 0 Å². The van der Waals surface area contributed by atoms with E-state index in [0.29, 0.717) is 25.6 Å². The van der Waals surface area contributed by atoms with Crippen LogP contribution in [0.3, 0.4) is 0 Å². The molecule has 2 heterocycles. The highest BCUT2D eigenvalue weighted by Gasteiger charge is 2.09. The van der Waals surface area contributed by atoms with Crippen LogP contribution in [-0.4, -0.2) is 24.2 Å². The van der Waals surface area contributed by atoms with Crippen LogP contribution >= 0.6 is 11.3 Å². The van der Waals surface area contributed by atoms with Crippen LogP contribution in [0.2, 0.25) is 0 Å². The second-order valence-corrected chi connectivity index (χ2v) is 7.34. The van der Waals surface area contributed by atoms with Gasteiger partial charge in [-0.3, -0.25) is 0 Å². The average molecular weight is 384 g/mol. The van der Waals surface area contributed by atoms with E-state index in [-0.39, 0.29) is 0 Å². The van der Waals surface area contributed by atoms with Crippen LogP contribution < -0.4 is 10.6 Å². The van der Waals surface area contributed by atoms with E-state index in [0.717, 1.165) is 23.3 Å². The highest BCUT2D eigenvalue weighted by Crippen LogP contribution is 2.13. The third kappa shape index (κ3) is 6.27. The minimum absolute atomic E-state index is 0.389. The molecule has 1 aromatic carbocycles. The molecule has 0 saturated carbocycles. The van der Waals surface area contributed by atoms with E-state index in [1.807, 2.05) is 54.8 Å². The summed E-state index contributed by atoms with van der Waals surface area (Å²) < 4.78 is 5.36. The zero-order valence-corrected chi connectivity index (χ0v) is 16.2. The summed E-state index contributed by atoms with van der Waals surface area (Å²) in [7, 11) is 0. The van der Waals surface area contributed by atoms with Crippen LogP contribution in [0.5, 0.6) is 0 Å². The molecule has 3 rings (SSSR count). The summed E-state index contributed by atoms with van der Waals surface area (Å²) >= 11 is 1.68. The number of hydrogen-bond acceptors (Lipinski definition) is 4. The summed E-state index contributed by atoms with van der Waals surface area (Å²) in [6.45, 7) is 3.72. The number of aliphatic hydroxyl groups is 1. The molecule has 0 aliphatic rings. The number of hydrogen-bond donors (Lipinski definition) is 3. The molecule has 3 N–H and O–H groups in total. The first-order chi connectivity index (χ1) is 13.2. The third-order valence-electron chi connectivity index (χ3n) is 4.11. The fourth-order valence-electron chi connectivity index (χ4n) is 2.68. The van der Waals surface area contributed by atoms with Gasteiger partial charge in [-0.1, -0.05) is 35.9 Å². The van der Waals surface area contributed by atoms with Crippen molar-refractivity contribution in [2.45, 2.75) is 26.0 Å². The largest absolute Gasteiger partial charge is 0.469 e. The molecular weight excluding hydrogens is 358 g/mol. The Morgan fingerprint density at radius 1 is 1.19 bits per heavy atom. The topological polar surface area (TPSA) is 69.8 Å². The number of rotatable bonds is 8. The quantitative estimate of drug-likeness (QED) is 0.410. The normalized spacial score (nSPS) is 12.7. The molecule has 0 aliphatic heterocycles. The van der Waals surface area contributed by atoms with E-state index < -0.39 is 6.10 Å². The molecule has 0 amide bonds. The van der Waals surface area contributed by atoms with Crippen LogP contribution in [-0.2, 0) is 13.0 Å². The molecule has 0 saturated heterocycles. The Bertz CT molecular complexity index is 829. The number of aliphatic imine (C=N–C) groups is 1. The van der Waals surface area contributed by atoms with Crippen molar-refractivity contribution in [1.82, 2.24) is 10.6 Å². The fourth-order valence-corrected chi connectivity index (χ4v) is 3.31. The van der Waals surface area contributed by atoms with E-state index >= 15 is 0 Å². The molecule has 0 fully saturated rings. The summed E-state index contributed by atoms with van der Waals surface area (Å²) in [6.07, 6.45) is 1.86. The molecule has 0 radical (unpaired) electrons. The molecule has 1 atom stereocenters. The molecule has 0 bridgehead atoms. The third-order valence-corrected chi connectivity index (χ3v) is 4.97. The molecule has 0 spiro atoms. The van der Waals surface area contributed by atoms with Crippen molar-refractivity contribution in [3.63, 3.8) is 0 Å². The number of nitrogens with zero attached hydrogens (tertiary/aromatic N) is 1. The number of furan rings is 1. The van der Waals surface area contributed by atoms with Crippen LogP contribution in [0.15, 0.2) is 69.6 Å². The number of guanidine groups is 1. The van der Waals surface area contributed by atoms with Gasteiger partial charge in [-0.15, -0.1) is 11.3 Å². The Balaban J connectivity index is 1.57. The molecule has 2 aromatic heterocycles. The van der Waals surface area contributed by atoms with Gasteiger partial charge in [0.25, 0.3) is 0 Å². The van der Waals surface area contributed by atoms with Crippen molar-refractivity contribution in [3.8, 4) is 0 Å². The zero-order valence-electron chi connectivity index (χ0n) is 15.4. The van der Waals surface area contributed by atoms with E-state index in [1.54, 1.807) is 17.6 Å². The Kier molecular flexibility index (Phi) is 7.07. The van der Waals surface area contributed by atoms with Gasteiger partial charge in [0.2, 0.25) is 0 Å². The number of aryl methyl sites for hydroxylation is 1. The first kappa shape index (κ1) is 19.2. The molecule has 1 unspecified atom stereocenters. The first-order valence-electron chi connectivity index (χ1n) is 9.02. The zero-order chi connectivity index (χ0) is 18.9. The first-order valence-corrected chi connectivity index (χ1v) is 9.90. The van der Waals surface area contributed by atoms with E-state index in [9.17, 15) is 5.11 Å². The van der Waals surface area contributed by atoms with Gasteiger partial charge in [0.15, 0.2) is 5.96 Å². The predicted octanol–water partition coefficient (Wildman–Crippen LogP) is 3.66. The second kappa shape index (κ2) is 9.94. The molecule has 142 valence electrons. The van der Waals surface area contributed by atoms with Gasteiger partial charge in [0.1, 0.15) is 5.76 Å². The number of nitrogens with one attached hydrogen (secondary N) is 2. The maximum atomic E-state index is 10.5. The van der Waals surface area contributed by atoms with Gasteiger partial charge in [-0.05, 0) is 36.1 Å². The summed E-state index contributed by atoms with van der Waals surface area (Å²) in [6, 6.07) is 15.8. The standard InChI is InChI=1S/C21H25N3O2S/c1-16-5-2-6-17(13-16)20(25)15-24-21(23-14-19-8-4-12-27-19)22-10-9-18-7-3-11-26-18/h2-8,11-13,20,25H,9-10,14-15H2,1H3,(H2,22,23,24). The fraction of sp³-hybridized carbons (Fsp3) is 0.286. The molecule has 0 aliphatic carbocycles. The van der Waals surface area contributed by atoms with Crippen molar-refractivity contribution >= 4 is 17.3 Å². The molecular formula is C21H25N3O2S.